The fraction of sp³-hybridized carbons (Fsp3) is 0.385. The van der Waals surface area contributed by atoms with Crippen molar-refractivity contribution in [2.45, 2.75) is 25.8 Å². The molecule has 0 aliphatic heterocycles. The number of hydrogen-bond acceptors (Lipinski definition) is 3. The molecule has 6 heteroatoms. The zero-order valence-corrected chi connectivity index (χ0v) is 12.0. The van der Waals surface area contributed by atoms with E-state index in [0.29, 0.717) is 10.0 Å². The van der Waals surface area contributed by atoms with Gasteiger partial charge in [-0.05, 0) is 37.5 Å². The van der Waals surface area contributed by atoms with Crippen molar-refractivity contribution in [1.82, 2.24) is 5.32 Å². The van der Waals surface area contributed by atoms with Gasteiger partial charge < -0.3 is 15.2 Å². The van der Waals surface area contributed by atoms with Crippen LogP contribution in [0.15, 0.2) is 16.6 Å². The van der Waals surface area contributed by atoms with Crippen LogP contribution in [0.2, 0.25) is 0 Å². The SMILES string of the molecule is Cc1cc(Br)cc(C(=O)O)c1OCC(=O)NC1CC1. The molecule has 1 fully saturated rings. The molecular weight excluding hydrogens is 314 g/mol. The Morgan fingerprint density at radius 2 is 2.16 bits per heavy atom. The van der Waals surface area contributed by atoms with Crippen LogP contribution in [-0.2, 0) is 4.79 Å². The number of carbonyl (C=O) groups is 2. The van der Waals surface area contributed by atoms with Crippen LogP contribution < -0.4 is 10.1 Å². The molecule has 19 heavy (non-hydrogen) atoms. The van der Waals surface area contributed by atoms with Gasteiger partial charge in [-0.2, -0.15) is 0 Å². The lowest BCUT2D eigenvalue weighted by atomic mass is 10.1. The number of benzene rings is 1. The number of aryl methyl sites for hydroxylation is 1. The predicted octanol–water partition coefficient (Wildman–Crippen LogP) is 2.11. The van der Waals surface area contributed by atoms with E-state index in [-0.39, 0.29) is 29.9 Å². The van der Waals surface area contributed by atoms with E-state index in [1.807, 2.05) is 0 Å². The van der Waals surface area contributed by atoms with E-state index in [1.54, 1.807) is 13.0 Å². The molecule has 1 aromatic rings. The fourth-order valence-corrected chi connectivity index (χ4v) is 2.29. The Morgan fingerprint density at radius 1 is 1.47 bits per heavy atom. The highest BCUT2D eigenvalue weighted by molar-refractivity contribution is 9.10. The first kappa shape index (κ1) is 13.9. The molecule has 102 valence electrons. The van der Waals surface area contributed by atoms with Gasteiger partial charge in [0.2, 0.25) is 0 Å². The first-order chi connectivity index (χ1) is 8.97. The van der Waals surface area contributed by atoms with Gasteiger partial charge >= 0.3 is 5.97 Å². The number of nitrogens with one attached hydrogen (secondary N) is 1. The van der Waals surface area contributed by atoms with Crippen LogP contribution >= 0.6 is 15.9 Å². The Hall–Kier alpha value is -1.56. The molecule has 1 amide bonds. The second kappa shape index (κ2) is 5.61. The predicted molar refractivity (Wildman–Crippen MR) is 72.5 cm³/mol. The molecule has 1 aliphatic carbocycles. The number of carbonyl (C=O) groups excluding carboxylic acids is 1. The lowest BCUT2D eigenvalue weighted by Crippen LogP contribution is -2.30. The van der Waals surface area contributed by atoms with Gasteiger partial charge in [-0.3, -0.25) is 4.79 Å². The smallest absolute Gasteiger partial charge is 0.339 e. The third-order valence-electron chi connectivity index (χ3n) is 2.76. The normalized spacial score (nSPS) is 14.0. The summed E-state index contributed by atoms with van der Waals surface area (Å²) in [6, 6.07) is 3.48. The van der Waals surface area contributed by atoms with E-state index in [0.717, 1.165) is 12.8 Å². The highest BCUT2D eigenvalue weighted by Crippen LogP contribution is 2.28. The number of hydrogen-bond donors (Lipinski definition) is 2. The van der Waals surface area contributed by atoms with Crippen molar-refractivity contribution in [1.29, 1.82) is 0 Å². The van der Waals surface area contributed by atoms with E-state index in [2.05, 4.69) is 21.2 Å². The maximum Gasteiger partial charge on any atom is 0.339 e. The van der Waals surface area contributed by atoms with Crippen LogP contribution in [0.1, 0.15) is 28.8 Å². The standard InChI is InChI=1S/C13H14BrNO4/c1-7-4-8(14)5-10(13(17)18)12(7)19-6-11(16)15-9-2-3-9/h4-5,9H,2-3,6H2,1H3,(H,15,16)(H,17,18). The lowest BCUT2D eigenvalue weighted by molar-refractivity contribution is -0.123. The maximum atomic E-state index is 11.5. The van der Waals surface area contributed by atoms with Gasteiger partial charge in [-0.25, -0.2) is 4.79 Å². The van der Waals surface area contributed by atoms with Crippen LogP contribution in [0, 0.1) is 6.92 Å². The van der Waals surface area contributed by atoms with E-state index in [4.69, 9.17) is 9.84 Å². The zero-order chi connectivity index (χ0) is 14.0. The second-order valence-electron chi connectivity index (χ2n) is 4.53. The van der Waals surface area contributed by atoms with Crippen LogP contribution in [-0.4, -0.2) is 29.6 Å². The molecule has 5 nitrogen and oxygen atoms in total. The Bertz CT molecular complexity index is 526. The van der Waals surface area contributed by atoms with E-state index in [1.165, 1.54) is 6.07 Å². The maximum absolute atomic E-state index is 11.5. The van der Waals surface area contributed by atoms with Crippen LogP contribution in [0.4, 0.5) is 0 Å². The number of amides is 1. The van der Waals surface area contributed by atoms with Crippen LogP contribution in [0.5, 0.6) is 5.75 Å². The molecule has 0 aromatic heterocycles. The molecule has 2 rings (SSSR count). The number of aromatic carboxylic acids is 1. The second-order valence-corrected chi connectivity index (χ2v) is 5.45. The summed E-state index contributed by atoms with van der Waals surface area (Å²) in [5, 5.41) is 11.9. The molecular formula is C13H14BrNO4. The average molecular weight is 328 g/mol. The monoisotopic (exact) mass is 327 g/mol. The van der Waals surface area contributed by atoms with Crippen LogP contribution in [0.25, 0.3) is 0 Å². The molecule has 0 atom stereocenters. The summed E-state index contributed by atoms with van der Waals surface area (Å²) in [5.41, 5.74) is 0.720. The van der Waals surface area contributed by atoms with Crippen molar-refractivity contribution in [2.24, 2.45) is 0 Å². The van der Waals surface area contributed by atoms with Crippen molar-refractivity contribution in [3.05, 3.63) is 27.7 Å². The number of ether oxygens (including phenoxy) is 1. The Balaban J connectivity index is 2.09. The first-order valence-electron chi connectivity index (χ1n) is 5.93. The molecule has 0 bridgehead atoms. The molecule has 0 saturated heterocycles. The molecule has 1 aliphatic rings. The summed E-state index contributed by atoms with van der Waals surface area (Å²) in [6.07, 6.45) is 2.01. The van der Waals surface area contributed by atoms with Gasteiger partial charge in [0.1, 0.15) is 11.3 Å². The molecule has 0 heterocycles. The topological polar surface area (TPSA) is 75.6 Å². The van der Waals surface area contributed by atoms with Crippen LogP contribution in [0.3, 0.4) is 0 Å². The van der Waals surface area contributed by atoms with Crippen molar-refractivity contribution >= 4 is 27.8 Å². The molecule has 1 saturated carbocycles. The Kier molecular flexibility index (Phi) is 4.09. The molecule has 1 aromatic carbocycles. The fourth-order valence-electron chi connectivity index (χ4n) is 1.72. The van der Waals surface area contributed by atoms with E-state index in [9.17, 15) is 9.59 Å². The minimum atomic E-state index is -1.08. The highest BCUT2D eigenvalue weighted by atomic mass is 79.9. The summed E-state index contributed by atoms with van der Waals surface area (Å²) in [5.74, 6) is -1.06. The van der Waals surface area contributed by atoms with E-state index < -0.39 is 5.97 Å². The summed E-state index contributed by atoms with van der Waals surface area (Å²) < 4.78 is 6.03. The lowest BCUT2D eigenvalue weighted by Gasteiger charge is -2.12. The Morgan fingerprint density at radius 3 is 2.74 bits per heavy atom. The van der Waals surface area contributed by atoms with Gasteiger partial charge in [0.25, 0.3) is 5.91 Å². The summed E-state index contributed by atoms with van der Waals surface area (Å²) in [7, 11) is 0. The summed E-state index contributed by atoms with van der Waals surface area (Å²) in [4.78, 5) is 22.7. The Labute approximate surface area is 119 Å². The number of halogens is 1. The van der Waals surface area contributed by atoms with Crippen molar-refractivity contribution in [3.63, 3.8) is 0 Å². The van der Waals surface area contributed by atoms with Gasteiger partial charge in [0, 0.05) is 10.5 Å². The van der Waals surface area contributed by atoms with Crippen molar-refractivity contribution in [3.8, 4) is 5.75 Å². The number of carboxylic acids is 1. The number of carboxylic acid groups (broad SMARTS) is 1. The van der Waals surface area contributed by atoms with E-state index >= 15 is 0 Å². The third kappa shape index (κ3) is 3.70. The third-order valence-corrected chi connectivity index (χ3v) is 3.22. The molecule has 2 N–H and O–H groups in total. The van der Waals surface area contributed by atoms with Gasteiger partial charge in [-0.15, -0.1) is 0 Å². The number of rotatable bonds is 5. The highest BCUT2D eigenvalue weighted by Gasteiger charge is 2.24. The van der Waals surface area contributed by atoms with Gasteiger partial charge in [0.15, 0.2) is 6.61 Å². The molecule has 0 spiro atoms. The minimum Gasteiger partial charge on any atom is -0.483 e. The van der Waals surface area contributed by atoms with Gasteiger partial charge in [-0.1, -0.05) is 15.9 Å². The van der Waals surface area contributed by atoms with Gasteiger partial charge in [0.05, 0.1) is 0 Å². The zero-order valence-electron chi connectivity index (χ0n) is 10.4. The summed E-state index contributed by atoms with van der Waals surface area (Å²) in [6.45, 7) is 1.57. The largest absolute Gasteiger partial charge is 0.483 e. The van der Waals surface area contributed by atoms with Crippen molar-refractivity contribution < 1.29 is 19.4 Å². The first-order valence-corrected chi connectivity index (χ1v) is 6.72. The average Bonchev–Trinajstić information content (AvgIpc) is 3.10. The quantitative estimate of drug-likeness (QED) is 0.868. The molecule has 0 unspecified atom stereocenters. The minimum absolute atomic E-state index is 0.0473. The van der Waals surface area contributed by atoms with Crippen molar-refractivity contribution in [2.75, 3.05) is 6.61 Å². The summed E-state index contributed by atoms with van der Waals surface area (Å²) >= 11 is 3.24. The molecule has 0 radical (unpaired) electrons.